The summed E-state index contributed by atoms with van der Waals surface area (Å²) in [6.07, 6.45) is 7.74. The Hall–Kier alpha value is -5.29. The lowest BCUT2D eigenvalue weighted by atomic mass is 10.0. The first-order valence-corrected chi connectivity index (χ1v) is 23.9. The monoisotopic (exact) mass is 887 g/mol. The number of fused-ring (bicyclic) bond motifs is 1. The van der Waals surface area contributed by atoms with Crippen LogP contribution in [0.5, 0.6) is 6.01 Å². The molecule has 2 aliphatic carbocycles. The number of carbonyl (C=O) groups is 4. The van der Waals surface area contributed by atoms with Crippen molar-refractivity contribution in [2.45, 2.75) is 127 Å². The molecule has 15 nitrogen and oxygen atoms in total. The molecule has 1 aliphatic heterocycles. The van der Waals surface area contributed by atoms with Gasteiger partial charge >= 0.3 is 6.09 Å². The van der Waals surface area contributed by atoms with Crippen LogP contribution in [-0.4, -0.2) is 87.3 Å². The van der Waals surface area contributed by atoms with Gasteiger partial charge in [0.05, 0.1) is 23.0 Å². The number of para-hydroxylation sites is 1. The summed E-state index contributed by atoms with van der Waals surface area (Å²) in [7, 11) is -3.55. The summed E-state index contributed by atoms with van der Waals surface area (Å²) in [6, 6.07) is 14.3. The Balaban J connectivity index is 0.998. The van der Waals surface area contributed by atoms with Crippen LogP contribution in [0.25, 0.3) is 32.9 Å². The zero-order valence-electron chi connectivity index (χ0n) is 35.9. The molecule has 4 aromatic rings. The average molecular weight is 888 g/mol. The fourth-order valence-electron chi connectivity index (χ4n) is 7.91. The maximum Gasteiger partial charge on any atom is 0.408 e. The van der Waals surface area contributed by atoms with Crippen LogP contribution >= 0.6 is 11.3 Å². The van der Waals surface area contributed by atoms with Crippen LogP contribution in [0.15, 0.2) is 66.1 Å². The first-order valence-electron chi connectivity index (χ1n) is 21.5. The van der Waals surface area contributed by atoms with Gasteiger partial charge in [0.2, 0.25) is 27.7 Å². The molecule has 2 saturated carbocycles. The molecule has 17 heteroatoms. The first kappa shape index (κ1) is 44.8. The number of unbranched alkanes of at least 4 members (excludes halogenated alkanes) is 3. The molecule has 4 amide bonds. The summed E-state index contributed by atoms with van der Waals surface area (Å²) < 4.78 is 40.6. The Morgan fingerprint density at radius 1 is 1.00 bits per heavy atom. The molecular weight excluding hydrogens is 831 g/mol. The van der Waals surface area contributed by atoms with Crippen LogP contribution in [-0.2, 0) is 29.1 Å². The Kier molecular flexibility index (Phi) is 13.4. The summed E-state index contributed by atoms with van der Waals surface area (Å²) in [5.41, 5.74) is 9.46. The van der Waals surface area contributed by atoms with E-state index in [1.54, 1.807) is 20.8 Å². The summed E-state index contributed by atoms with van der Waals surface area (Å²) in [4.78, 5) is 64.0. The van der Waals surface area contributed by atoms with E-state index >= 15 is 0 Å². The van der Waals surface area contributed by atoms with Gasteiger partial charge in [-0.05, 0) is 91.2 Å². The molecule has 0 spiro atoms. The summed E-state index contributed by atoms with van der Waals surface area (Å²) >= 11 is 1.54. The highest BCUT2D eigenvalue weighted by atomic mass is 32.2. The van der Waals surface area contributed by atoms with E-state index in [-0.39, 0.29) is 30.8 Å². The van der Waals surface area contributed by atoms with Crippen molar-refractivity contribution in [3.63, 3.8) is 0 Å². The van der Waals surface area contributed by atoms with Gasteiger partial charge in [-0.1, -0.05) is 61.4 Å². The molecule has 7 rings (SSSR count). The minimum atomic E-state index is -3.55. The number of carbonyl (C=O) groups excluding carboxylic acids is 4. The van der Waals surface area contributed by atoms with E-state index in [0.29, 0.717) is 38.1 Å². The van der Waals surface area contributed by atoms with E-state index < -0.39 is 62.9 Å². The first-order chi connectivity index (χ1) is 29.5. The highest BCUT2D eigenvalue weighted by Gasteiger charge is 2.45. The number of imidazole rings is 1. The molecular formula is C45H57N7O8S2. The molecule has 2 aromatic heterocycles. The molecule has 62 heavy (non-hydrogen) atoms. The van der Waals surface area contributed by atoms with Gasteiger partial charge in [-0.15, -0.1) is 11.3 Å². The second-order valence-electron chi connectivity index (χ2n) is 17.8. The molecule has 332 valence electrons. The predicted octanol–water partition coefficient (Wildman–Crippen LogP) is 6.89. The summed E-state index contributed by atoms with van der Waals surface area (Å²) in [5.74, 6) is -1.85. The Morgan fingerprint density at radius 3 is 2.45 bits per heavy atom. The third-order valence-electron chi connectivity index (χ3n) is 11.3. The Morgan fingerprint density at radius 2 is 1.76 bits per heavy atom. The number of thiazole rings is 1. The number of nitrogens with one attached hydrogen (secondary N) is 2. The molecule has 0 radical (unpaired) electrons. The average Bonchev–Trinajstić information content (AvgIpc) is 4.08. The lowest BCUT2D eigenvalue weighted by Gasteiger charge is -2.28. The van der Waals surface area contributed by atoms with E-state index in [1.807, 2.05) is 84.5 Å². The number of sulfonamides is 1. The lowest BCUT2D eigenvalue weighted by Crippen LogP contribution is -2.53. The number of hydrogen-bond donors (Lipinski definition) is 3. The van der Waals surface area contributed by atoms with Crippen molar-refractivity contribution in [1.82, 2.24) is 29.5 Å². The molecule has 3 heterocycles. The zero-order valence-corrected chi connectivity index (χ0v) is 37.5. The molecule has 5 unspecified atom stereocenters. The number of rotatable bonds is 18. The van der Waals surface area contributed by atoms with Crippen molar-refractivity contribution in [1.29, 1.82) is 0 Å². The van der Waals surface area contributed by atoms with Gasteiger partial charge in [0.15, 0.2) is 0 Å². The number of nitrogens with two attached hydrogens (primary N) is 1. The number of benzene rings is 2. The van der Waals surface area contributed by atoms with Crippen LogP contribution in [0.4, 0.5) is 4.79 Å². The van der Waals surface area contributed by atoms with Gasteiger partial charge in [-0.3, -0.25) is 23.7 Å². The van der Waals surface area contributed by atoms with Crippen molar-refractivity contribution < 1.29 is 37.1 Å². The number of nitrogens with zero attached hydrogens (tertiary/aromatic N) is 4. The number of alkyl carbamates (subject to hydrolysis) is 1. The molecule has 5 atom stereocenters. The SMILES string of the molecule is CC(C)n1c(OC2CC(C(N)=O)N(C(=O)C(CCCCCC=CC3CC3C(=O)NS(=O)(=O)C3CC3)NC(=O)OC(C)(C)C)C2)nc2c(-c3nc(-c4ccccc4)cs3)cccc21. The van der Waals surface area contributed by atoms with Crippen LogP contribution in [0.2, 0.25) is 0 Å². The minimum absolute atomic E-state index is 0.0232. The predicted molar refractivity (Wildman–Crippen MR) is 237 cm³/mol. The van der Waals surface area contributed by atoms with Gasteiger partial charge < -0.3 is 25.4 Å². The Bertz CT molecular complexity index is 2420. The number of ether oxygens (including phenoxy) is 2. The van der Waals surface area contributed by atoms with Crippen molar-refractivity contribution in [2.24, 2.45) is 17.6 Å². The van der Waals surface area contributed by atoms with Crippen molar-refractivity contribution in [2.75, 3.05) is 6.54 Å². The van der Waals surface area contributed by atoms with Gasteiger partial charge in [0.1, 0.15) is 34.3 Å². The van der Waals surface area contributed by atoms with E-state index in [9.17, 15) is 27.6 Å². The standard InChI is InChI=1S/C45H57N7O8S2/c1-27(2)52-36-20-14-18-32(41-47-35(26-61-41)28-15-11-9-12-16-28)38(36)49-43(52)59-30-24-37(39(46)53)51(25-30)42(55)34(48-44(56)60-45(3,4)5)19-13-8-6-7-10-17-29-23-33(29)40(54)50-62(57,58)31-21-22-31/h9-12,14-18,20,26-27,29-31,33-34,37H,6-8,13,19,21-25H2,1-5H3,(H2,46,53)(H,48,56)(H,50,54). The number of amides is 4. The minimum Gasteiger partial charge on any atom is -0.459 e. The lowest BCUT2D eigenvalue weighted by molar-refractivity contribution is -0.139. The second-order valence-corrected chi connectivity index (χ2v) is 20.6. The Labute approximate surface area is 366 Å². The largest absolute Gasteiger partial charge is 0.459 e. The smallest absolute Gasteiger partial charge is 0.408 e. The maximum atomic E-state index is 14.3. The van der Waals surface area contributed by atoms with E-state index in [2.05, 4.69) is 10.0 Å². The van der Waals surface area contributed by atoms with Crippen LogP contribution in [0, 0.1) is 11.8 Å². The van der Waals surface area contributed by atoms with Crippen LogP contribution in [0.1, 0.15) is 98.4 Å². The van der Waals surface area contributed by atoms with Gasteiger partial charge in [0, 0.05) is 34.9 Å². The van der Waals surface area contributed by atoms with Crippen molar-refractivity contribution in [3.8, 4) is 27.8 Å². The zero-order chi connectivity index (χ0) is 44.3. The van der Waals surface area contributed by atoms with Crippen molar-refractivity contribution >= 4 is 56.2 Å². The molecule has 1 saturated heterocycles. The van der Waals surface area contributed by atoms with Crippen LogP contribution < -0.4 is 20.5 Å². The van der Waals surface area contributed by atoms with E-state index in [0.717, 1.165) is 52.1 Å². The van der Waals surface area contributed by atoms with Gasteiger partial charge in [-0.2, -0.15) is 4.98 Å². The number of likely N-dealkylation sites (tertiary alicyclic amines) is 1. The molecule has 3 fully saturated rings. The number of allylic oxidation sites excluding steroid dienone is 2. The molecule has 2 aromatic carbocycles. The third kappa shape index (κ3) is 10.8. The van der Waals surface area contributed by atoms with Gasteiger partial charge in [0.25, 0.3) is 6.01 Å². The third-order valence-corrected chi connectivity index (χ3v) is 14.0. The molecule has 0 bridgehead atoms. The van der Waals surface area contributed by atoms with Gasteiger partial charge in [-0.25, -0.2) is 18.2 Å². The number of hydrogen-bond acceptors (Lipinski definition) is 11. The summed E-state index contributed by atoms with van der Waals surface area (Å²) in [6.45, 7) is 9.34. The highest BCUT2D eigenvalue weighted by Crippen LogP contribution is 2.41. The quantitative estimate of drug-likeness (QED) is 0.0697. The van der Waals surface area contributed by atoms with E-state index in [1.165, 1.54) is 16.2 Å². The molecule has 3 aliphatic rings. The fourth-order valence-corrected chi connectivity index (χ4v) is 10.1. The molecule has 4 N–H and O–H groups in total. The normalized spacial score (nSPS) is 20.7. The van der Waals surface area contributed by atoms with Crippen LogP contribution in [0.3, 0.4) is 0 Å². The summed E-state index contributed by atoms with van der Waals surface area (Å²) in [5, 5.41) is 5.16. The highest BCUT2D eigenvalue weighted by molar-refractivity contribution is 7.90. The second kappa shape index (κ2) is 18.6. The number of primary amides is 1. The number of aromatic nitrogens is 3. The topological polar surface area (TPSA) is 205 Å². The van der Waals surface area contributed by atoms with Crippen molar-refractivity contribution in [3.05, 3.63) is 66.1 Å². The maximum absolute atomic E-state index is 14.3. The fraction of sp³-hybridized carbons (Fsp3) is 0.511. The van der Waals surface area contributed by atoms with E-state index in [4.69, 9.17) is 25.2 Å².